The van der Waals surface area contributed by atoms with Gasteiger partial charge in [-0.05, 0) is 24.8 Å². The highest BCUT2D eigenvalue weighted by Gasteiger charge is 2.28. The highest BCUT2D eigenvalue weighted by atomic mass is 35.5. The number of halogens is 1. The molecular formula is C10H10ClN3O4S2. The molecule has 0 aliphatic rings. The fourth-order valence-electron chi connectivity index (χ4n) is 1.53. The van der Waals surface area contributed by atoms with Crippen molar-refractivity contribution in [2.24, 2.45) is 5.73 Å². The van der Waals surface area contributed by atoms with Crippen molar-refractivity contribution in [3.8, 4) is 0 Å². The maximum absolute atomic E-state index is 12.3. The summed E-state index contributed by atoms with van der Waals surface area (Å²) in [6, 6.07) is 0. The molecule has 0 bridgehead atoms. The summed E-state index contributed by atoms with van der Waals surface area (Å²) in [5, 5.41) is 5.13. The molecule has 0 aliphatic carbocycles. The molecule has 2 aromatic rings. The average molecular weight is 336 g/mol. The van der Waals surface area contributed by atoms with E-state index in [2.05, 4.69) is 9.88 Å². The molecule has 0 aromatic carbocycles. The van der Waals surface area contributed by atoms with E-state index in [1.54, 1.807) is 13.8 Å². The van der Waals surface area contributed by atoms with E-state index in [0.717, 1.165) is 11.3 Å². The van der Waals surface area contributed by atoms with Gasteiger partial charge in [-0.2, -0.15) is 0 Å². The second-order valence-electron chi connectivity index (χ2n) is 3.96. The van der Waals surface area contributed by atoms with Gasteiger partial charge in [0.05, 0.1) is 0 Å². The van der Waals surface area contributed by atoms with Gasteiger partial charge in [0.1, 0.15) is 20.5 Å². The van der Waals surface area contributed by atoms with E-state index < -0.39 is 15.9 Å². The lowest BCUT2D eigenvalue weighted by molar-refractivity contribution is 0.100. The fourth-order valence-corrected chi connectivity index (χ4v) is 4.36. The third kappa shape index (κ3) is 2.51. The smallest absolute Gasteiger partial charge is 0.266 e. The lowest BCUT2D eigenvalue weighted by atomic mass is 10.3. The number of hydrogen-bond acceptors (Lipinski definition) is 6. The van der Waals surface area contributed by atoms with Crippen LogP contribution in [0.2, 0.25) is 5.02 Å². The Hall–Kier alpha value is -1.58. The maximum Gasteiger partial charge on any atom is 0.266 e. The molecule has 0 saturated heterocycles. The minimum atomic E-state index is -4.04. The summed E-state index contributed by atoms with van der Waals surface area (Å²) in [6.07, 6.45) is 0. The Morgan fingerprint density at radius 2 is 2.15 bits per heavy atom. The Bertz CT molecular complexity index is 779. The summed E-state index contributed by atoms with van der Waals surface area (Å²) >= 11 is 6.80. The van der Waals surface area contributed by atoms with Gasteiger partial charge < -0.3 is 10.3 Å². The van der Waals surface area contributed by atoms with Crippen LogP contribution in [-0.2, 0) is 10.0 Å². The molecule has 20 heavy (non-hydrogen) atoms. The van der Waals surface area contributed by atoms with Crippen molar-refractivity contribution in [1.29, 1.82) is 0 Å². The zero-order valence-corrected chi connectivity index (χ0v) is 12.8. The van der Waals surface area contributed by atoms with E-state index in [4.69, 9.17) is 21.9 Å². The zero-order chi connectivity index (χ0) is 15.1. The number of primary amides is 1. The van der Waals surface area contributed by atoms with Crippen molar-refractivity contribution < 1.29 is 17.7 Å². The molecule has 0 saturated carbocycles. The normalized spacial score (nSPS) is 11.6. The standard InChI is InChI=1S/C10H10ClN3O4S2/c1-4-3-19-7(9(12)15)8(4)20(16,17)14-10-6(11)5(2)13-18-10/h3,14H,1-2H3,(H2,12,15). The number of carbonyl (C=O) groups excluding carboxylic acids is 1. The highest BCUT2D eigenvalue weighted by Crippen LogP contribution is 2.31. The maximum atomic E-state index is 12.3. The number of nitrogens with zero attached hydrogens (tertiary/aromatic N) is 1. The first-order chi connectivity index (χ1) is 9.24. The molecule has 0 aliphatic heterocycles. The van der Waals surface area contributed by atoms with E-state index in [1.807, 2.05) is 0 Å². The van der Waals surface area contributed by atoms with Crippen LogP contribution >= 0.6 is 22.9 Å². The van der Waals surface area contributed by atoms with Crippen molar-refractivity contribution in [2.45, 2.75) is 18.7 Å². The van der Waals surface area contributed by atoms with E-state index in [0.29, 0.717) is 11.3 Å². The number of sulfonamides is 1. The topological polar surface area (TPSA) is 115 Å². The van der Waals surface area contributed by atoms with Gasteiger partial charge in [-0.15, -0.1) is 11.3 Å². The zero-order valence-electron chi connectivity index (χ0n) is 10.4. The number of amides is 1. The van der Waals surface area contributed by atoms with Crippen LogP contribution in [0, 0.1) is 13.8 Å². The number of thiophene rings is 1. The van der Waals surface area contributed by atoms with Gasteiger partial charge in [-0.3, -0.25) is 4.79 Å². The van der Waals surface area contributed by atoms with Crippen LogP contribution in [0.5, 0.6) is 0 Å². The molecule has 3 N–H and O–H groups in total. The predicted molar refractivity (Wildman–Crippen MR) is 74.6 cm³/mol. The SMILES string of the molecule is Cc1csc(C(N)=O)c1S(=O)(=O)Nc1onc(C)c1Cl. The van der Waals surface area contributed by atoms with Crippen LogP contribution < -0.4 is 10.5 Å². The Morgan fingerprint density at radius 3 is 2.65 bits per heavy atom. The van der Waals surface area contributed by atoms with Gasteiger partial charge in [-0.25, -0.2) is 13.1 Å². The number of nitrogens with one attached hydrogen (secondary N) is 1. The number of hydrogen-bond donors (Lipinski definition) is 2. The minimum absolute atomic E-state index is 0.0534. The monoisotopic (exact) mass is 335 g/mol. The second-order valence-corrected chi connectivity index (χ2v) is 6.83. The van der Waals surface area contributed by atoms with Crippen LogP contribution in [-0.4, -0.2) is 19.5 Å². The quantitative estimate of drug-likeness (QED) is 0.885. The number of carbonyl (C=O) groups is 1. The molecule has 2 heterocycles. The molecule has 2 aromatic heterocycles. The second kappa shape index (κ2) is 5.08. The van der Waals surface area contributed by atoms with E-state index in [-0.39, 0.29) is 20.7 Å². The number of aromatic nitrogens is 1. The van der Waals surface area contributed by atoms with Crippen LogP contribution in [0.25, 0.3) is 0 Å². The van der Waals surface area contributed by atoms with Gasteiger partial charge in [0.15, 0.2) is 0 Å². The summed E-state index contributed by atoms with van der Waals surface area (Å²) in [5.74, 6) is -1.02. The summed E-state index contributed by atoms with van der Waals surface area (Å²) in [5.41, 5.74) is 5.92. The van der Waals surface area contributed by atoms with Gasteiger partial charge in [-0.1, -0.05) is 16.8 Å². The van der Waals surface area contributed by atoms with Crippen LogP contribution in [0.1, 0.15) is 20.9 Å². The van der Waals surface area contributed by atoms with Gasteiger partial charge in [0.2, 0.25) is 0 Å². The predicted octanol–water partition coefficient (Wildman–Crippen LogP) is 1.91. The molecule has 0 fully saturated rings. The van der Waals surface area contributed by atoms with Crippen molar-refractivity contribution in [3.05, 3.63) is 26.5 Å². The van der Waals surface area contributed by atoms with Gasteiger partial charge in [0.25, 0.3) is 21.8 Å². The lowest BCUT2D eigenvalue weighted by Gasteiger charge is -2.06. The van der Waals surface area contributed by atoms with Gasteiger partial charge in [0, 0.05) is 0 Å². The summed E-state index contributed by atoms with van der Waals surface area (Å²) < 4.78 is 31.6. The van der Waals surface area contributed by atoms with Gasteiger partial charge >= 0.3 is 0 Å². The Kier molecular flexibility index (Phi) is 3.76. The molecule has 10 heteroatoms. The summed E-state index contributed by atoms with van der Waals surface area (Å²) in [4.78, 5) is 11.1. The molecule has 0 unspecified atom stereocenters. The highest BCUT2D eigenvalue weighted by molar-refractivity contribution is 7.93. The van der Waals surface area contributed by atoms with Crippen LogP contribution in [0.3, 0.4) is 0 Å². The van der Waals surface area contributed by atoms with Crippen molar-refractivity contribution in [3.63, 3.8) is 0 Å². The molecule has 0 spiro atoms. The largest absolute Gasteiger partial charge is 0.365 e. The summed E-state index contributed by atoms with van der Waals surface area (Å²) in [7, 11) is -4.04. The number of aryl methyl sites for hydroxylation is 2. The van der Waals surface area contributed by atoms with Crippen molar-refractivity contribution in [2.75, 3.05) is 4.72 Å². The molecule has 108 valence electrons. The number of nitrogens with two attached hydrogens (primary N) is 1. The molecule has 0 radical (unpaired) electrons. The van der Waals surface area contributed by atoms with Crippen LogP contribution in [0.15, 0.2) is 14.8 Å². The fraction of sp³-hybridized carbons (Fsp3) is 0.200. The lowest BCUT2D eigenvalue weighted by Crippen LogP contribution is -2.19. The van der Waals surface area contributed by atoms with E-state index in [1.165, 1.54) is 5.38 Å². The third-order valence-corrected chi connectivity index (χ3v) is 5.63. The van der Waals surface area contributed by atoms with Crippen molar-refractivity contribution in [1.82, 2.24) is 5.16 Å². The van der Waals surface area contributed by atoms with Crippen molar-refractivity contribution >= 4 is 44.8 Å². The molecular weight excluding hydrogens is 326 g/mol. The molecule has 1 amide bonds. The number of anilines is 1. The van der Waals surface area contributed by atoms with Crippen LogP contribution in [0.4, 0.5) is 5.88 Å². The first-order valence-electron chi connectivity index (χ1n) is 5.26. The first kappa shape index (κ1) is 14.8. The molecule has 2 rings (SSSR count). The van der Waals surface area contributed by atoms with E-state index >= 15 is 0 Å². The Morgan fingerprint density at radius 1 is 1.50 bits per heavy atom. The first-order valence-corrected chi connectivity index (χ1v) is 8.00. The minimum Gasteiger partial charge on any atom is -0.365 e. The average Bonchev–Trinajstić information content (AvgIpc) is 2.87. The third-order valence-electron chi connectivity index (χ3n) is 2.43. The molecule has 7 nitrogen and oxygen atoms in total. The summed E-state index contributed by atoms with van der Waals surface area (Å²) in [6.45, 7) is 3.12. The Balaban J connectivity index is 2.49. The molecule has 0 atom stereocenters. The number of rotatable bonds is 4. The van der Waals surface area contributed by atoms with E-state index in [9.17, 15) is 13.2 Å². The Labute approximate surface area is 123 Å².